The van der Waals surface area contributed by atoms with Crippen LogP contribution in [0.1, 0.15) is 75.6 Å². The van der Waals surface area contributed by atoms with E-state index in [1.54, 1.807) is 28.6 Å². The van der Waals surface area contributed by atoms with Crippen molar-refractivity contribution in [2.24, 2.45) is 5.92 Å². The quantitative estimate of drug-likeness (QED) is 0.764. The number of fused-ring (bicyclic) bond motifs is 1. The van der Waals surface area contributed by atoms with Crippen molar-refractivity contribution >= 4 is 15.9 Å². The third-order valence-corrected chi connectivity index (χ3v) is 9.06. The van der Waals surface area contributed by atoms with Crippen molar-refractivity contribution in [1.82, 2.24) is 9.21 Å². The Hall–Kier alpha value is -1.40. The number of carbonyl (C=O) groups is 1. The van der Waals surface area contributed by atoms with Gasteiger partial charge in [0, 0.05) is 30.2 Å². The average molecular weight is 405 g/mol. The number of nitrogens with zero attached hydrogens (tertiary/aromatic N) is 2. The summed E-state index contributed by atoms with van der Waals surface area (Å²) in [6, 6.07) is 7.28. The maximum absolute atomic E-state index is 13.2. The van der Waals surface area contributed by atoms with E-state index in [-0.39, 0.29) is 18.0 Å². The number of likely N-dealkylation sites (tertiary alicyclic amines) is 1. The van der Waals surface area contributed by atoms with Crippen LogP contribution in [0.2, 0.25) is 0 Å². The van der Waals surface area contributed by atoms with E-state index in [9.17, 15) is 13.2 Å². The Morgan fingerprint density at radius 2 is 1.61 bits per heavy atom. The highest BCUT2D eigenvalue weighted by molar-refractivity contribution is 7.89. The van der Waals surface area contributed by atoms with Crippen LogP contribution in [-0.4, -0.2) is 48.2 Å². The summed E-state index contributed by atoms with van der Waals surface area (Å²) in [6.45, 7) is 4.70. The van der Waals surface area contributed by atoms with E-state index < -0.39 is 10.0 Å². The topological polar surface area (TPSA) is 57.7 Å². The van der Waals surface area contributed by atoms with E-state index in [1.807, 2.05) is 6.92 Å². The number of benzene rings is 1. The monoisotopic (exact) mass is 404 g/mol. The summed E-state index contributed by atoms with van der Waals surface area (Å²) in [5, 5.41) is 0. The van der Waals surface area contributed by atoms with Crippen LogP contribution in [0, 0.1) is 5.92 Å². The van der Waals surface area contributed by atoms with Crippen LogP contribution < -0.4 is 0 Å². The molecule has 4 atom stereocenters. The smallest absolute Gasteiger partial charge is 0.254 e. The van der Waals surface area contributed by atoms with Gasteiger partial charge in [0.2, 0.25) is 10.0 Å². The minimum Gasteiger partial charge on any atom is -0.333 e. The number of rotatable bonds is 3. The van der Waals surface area contributed by atoms with E-state index >= 15 is 0 Å². The first kappa shape index (κ1) is 19.9. The lowest BCUT2D eigenvalue weighted by Gasteiger charge is -2.33. The Kier molecular flexibility index (Phi) is 5.53. The summed E-state index contributed by atoms with van der Waals surface area (Å²) in [6.07, 6.45) is 8.79. The fourth-order valence-corrected chi connectivity index (χ4v) is 7.24. The van der Waals surface area contributed by atoms with Gasteiger partial charge in [-0.2, -0.15) is 4.31 Å². The minimum atomic E-state index is -3.49. The van der Waals surface area contributed by atoms with Crippen LogP contribution in [0.25, 0.3) is 0 Å². The van der Waals surface area contributed by atoms with Crippen LogP contribution in [0.3, 0.4) is 0 Å². The molecule has 4 unspecified atom stereocenters. The summed E-state index contributed by atoms with van der Waals surface area (Å²) in [5.41, 5.74) is 0.601. The summed E-state index contributed by atoms with van der Waals surface area (Å²) in [4.78, 5) is 15.6. The lowest BCUT2D eigenvalue weighted by Crippen LogP contribution is -2.42. The lowest BCUT2D eigenvalue weighted by molar-refractivity contribution is 0.0633. The first-order chi connectivity index (χ1) is 13.4. The zero-order valence-corrected chi connectivity index (χ0v) is 17.8. The van der Waals surface area contributed by atoms with Gasteiger partial charge in [0.1, 0.15) is 0 Å². The number of sulfonamides is 1. The maximum atomic E-state index is 13.2. The molecule has 1 amide bonds. The average Bonchev–Trinajstić information content (AvgIpc) is 3.03. The second kappa shape index (κ2) is 7.79. The van der Waals surface area contributed by atoms with Crippen LogP contribution in [0.4, 0.5) is 0 Å². The third kappa shape index (κ3) is 3.50. The predicted molar refractivity (Wildman–Crippen MR) is 110 cm³/mol. The molecule has 2 saturated heterocycles. The second-order valence-corrected chi connectivity index (χ2v) is 10.8. The molecule has 0 spiro atoms. The molecule has 1 aliphatic carbocycles. The van der Waals surface area contributed by atoms with E-state index in [4.69, 9.17) is 0 Å². The normalized spacial score (nSPS) is 31.6. The molecule has 3 aliphatic rings. The molecule has 0 N–H and O–H groups in total. The van der Waals surface area contributed by atoms with Gasteiger partial charge in [-0.3, -0.25) is 4.79 Å². The molecule has 0 radical (unpaired) electrons. The van der Waals surface area contributed by atoms with Gasteiger partial charge in [-0.15, -0.1) is 0 Å². The van der Waals surface area contributed by atoms with Gasteiger partial charge < -0.3 is 4.90 Å². The molecule has 1 aromatic carbocycles. The molecule has 6 heteroatoms. The molecular weight excluding hydrogens is 372 g/mol. The molecule has 2 heterocycles. The Bertz CT molecular complexity index is 821. The molecule has 1 aromatic rings. The number of hydrogen-bond acceptors (Lipinski definition) is 3. The molecule has 3 fully saturated rings. The van der Waals surface area contributed by atoms with Crippen molar-refractivity contribution in [2.45, 2.75) is 88.2 Å². The van der Waals surface area contributed by atoms with Crippen molar-refractivity contribution in [3.05, 3.63) is 29.8 Å². The summed E-state index contributed by atoms with van der Waals surface area (Å²) >= 11 is 0. The number of amides is 1. The SMILES string of the molecule is CC1CC2CCCCC2N1C(=O)c1ccc(S(=O)(=O)N2CCCCC2C)cc1. The molecule has 2 aliphatic heterocycles. The molecule has 154 valence electrons. The Balaban J connectivity index is 1.54. The van der Waals surface area contributed by atoms with Crippen LogP contribution >= 0.6 is 0 Å². The maximum Gasteiger partial charge on any atom is 0.254 e. The van der Waals surface area contributed by atoms with Crippen LogP contribution in [0.5, 0.6) is 0 Å². The Morgan fingerprint density at radius 1 is 0.929 bits per heavy atom. The van der Waals surface area contributed by atoms with Gasteiger partial charge in [-0.25, -0.2) is 8.42 Å². The summed E-state index contributed by atoms with van der Waals surface area (Å²) in [7, 11) is -3.49. The van der Waals surface area contributed by atoms with Crippen LogP contribution in [0.15, 0.2) is 29.2 Å². The van der Waals surface area contributed by atoms with Crippen molar-refractivity contribution in [1.29, 1.82) is 0 Å². The molecule has 0 aromatic heterocycles. The van der Waals surface area contributed by atoms with Gasteiger partial charge in [0.05, 0.1) is 4.90 Å². The molecule has 28 heavy (non-hydrogen) atoms. The first-order valence-corrected chi connectivity index (χ1v) is 12.3. The van der Waals surface area contributed by atoms with Crippen molar-refractivity contribution in [3.8, 4) is 0 Å². The molecular formula is C22H32N2O3S. The van der Waals surface area contributed by atoms with E-state index in [0.29, 0.717) is 29.0 Å². The van der Waals surface area contributed by atoms with E-state index in [0.717, 1.165) is 32.1 Å². The highest BCUT2D eigenvalue weighted by Gasteiger charge is 2.42. The number of piperidine rings is 1. The second-order valence-electron chi connectivity index (χ2n) is 8.89. The number of hydrogen-bond donors (Lipinski definition) is 0. The van der Waals surface area contributed by atoms with Crippen molar-refractivity contribution in [3.63, 3.8) is 0 Å². The largest absolute Gasteiger partial charge is 0.333 e. The van der Waals surface area contributed by atoms with Gasteiger partial charge in [0.15, 0.2) is 0 Å². The zero-order chi connectivity index (χ0) is 19.9. The Labute approximate surface area is 169 Å². The summed E-state index contributed by atoms with van der Waals surface area (Å²) in [5.74, 6) is 0.685. The highest BCUT2D eigenvalue weighted by Crippen LogP contribution is 2.40. The van der Waals surface area contributed by atoms with E-state index in [1.165, 1.54) is 19.3 Å². The third-order valence-electron chi connectivity index (χ3n) is 7.03. The van der Waals surface area contributed by atoms with Crippen molar-refractivity contribution in [2.75, 3.05) is 6.54 Å². The minimum absolute atomic E-state index is 0.0359. The lowest BCUT2D eigenvalue weighted by atomic mass is 9.85. The highest BCUT2D eigenvalue weighted by atomic mass is 32.2. The predicted octanol–water partition coefficient (Wildman–Crippen LogP) is 4.04. The number of carbonyl (C=O) groups excluding carboxylic acids is 1. The standard InChI is InChI=1S/C22H32N2O3S/c1-16-7-5-6-14-23(16)28(26,27)20-12-10-18(11-13-20)22(25)24-17(2)15-19-8-3-4-9-21(19)24/h10-13,16-17,19,21H,3-9,14-15H2,1-2H3. The van der Waals surface area contributed by atoms with Gasteiger partial charge in [-0.1, -0.05) is 19.3 Å². The molecule has 4 rings (SSSR count). The van der Waals surface area contributed by atoms with E-state index in [2.05, 4.69) is 11.8 Å². The van der Waals surface area contributed by atoms with Crippen molar-refractivity contribution < 1.29 is 13.2 Å². The zero-order valence-electron chi connectivity index (χ0n) is 17.0. The fourth-order valence-electron chi connectivity index (χ4n) is 5.54. The van der Waals surface area contributed by atoms with Crippen LogP contribution in [-0.2, 0) is 10.0 Å². The van der Waals surface area contributed by atoms with Gasteiger partial charge >= 0.3 is 0 Å². The fraction of sp³-hybridized carbons (Fsp3) is 0.682. The first-order valence-electron chi connectivity index (χ1n) is 10.8. The summed E-state index contributed by atoms with van der Waals surface area (Å²) < 4.78 is 27.6. The Morgan fingerprint density at radius 3 is 2.32 bits per heavy atom. The molecule has 1 saturated carbocycles. The molecule has 0 bridgehead atoms. The molecule has 5 nitrogen and oxygen atoms in total. The van der Waals surface area contributed by atoms with Gasteiger partial charge in [-0.05, 0) is 76.1 Å². The van der Waals surface area contributed by atoms with Gasteiger partial charge in [0.25, 0.3) is 5.91 Å².